The molecule has 0 spiro atoms. The third kappa shape index (κ3) is 4.33. The number of hydrogen-bond acceptors (Lipinski definition) is 6. The molecule has 1 aliphatic heterocycles. The number of carbonyl (C=O) groups excluding carboxylic acids is 1. The van der Waals surface area contributed by atoms with Gasteiger partial charge in [-0.3, -0.25) is 9.69 Å². The number of amides is 1. The first-order chi connectivity index (χ1) is 14.2. The van der Waals surface area contributed by atoms with Crippen LogP contribution in [0.3, 0.4) is 0 Å². The predicted molar refractivity (Wildman–Crippen MR) is 96.6 cm³/mol. The van der Waals surface area contributed by atoms with Crippen LogP contribution in [0.2, 0.25) is 0 Å². The van der Waals surface area contributed by atoms with Crippen LogP contribution in [0.1, 0.15) is 16.3 Å². The summed E-state index contributed by atoms with van der Waals surface area (Å²) in [6.45, 7) is 0.892. The second-order valence-corrected chi connectivity index (χ2v) is 7.75. The maximum absolute atomic E-state index is 13.7. The highest BCUT2D eigenvalue weighted by Crippen LogP contribution is 2.35. The molecule has 0 atom stereocenters. The maximum atomic E-state index is 13.7. The van der Waals surface area contributed by atoms with Gasteiger partial charge < -0.3 is 9.84 Å². The zero-order valence-electron chi connectivity index (χ0n) is 15.1. The summed E-state index contributed by atoms with van der Waals surface area (Å²) in [5.41, 5.74) is 0.731. The number of halogens is 5. The van der Waals surface area contributed by atoms with E-state index in [1.807, 2.05) is 4.90 Å². The minimum absolute atomic E-state index is 0.0259. The molecule has 0 radical (unpaired) electrons. The summed E-state index contributed by atoms with van der Waals surface area (Å²) in [6, 6.07) is 4.54. The number of benzene rings is 1. The largest absolute Gasteiger partial charge is 0.471 e. The Kier molecular flexibility index (Phi) is 5.28. The van der Waals surface area contributed by atoms with Gasteiger partial charge in [-0.1, -0.05) is 5.16 Å². The minimum Gasteiger partial charge on any atom is -0.329 e. The topological polar surface area (TPSA) is 71.3 Å². The van der Waals surface area contributed by atoms with E-state index in [1.165, 1.54) is 11.3 Å². The van der Waals surface area contributed by atoms with Crippen LogP contribution in [0.4, 0.5) is 27.6 Å². The van der Waals surface area contributed by atoms with Crippen molar-refractivity contribution in [3.8, 4) is 10.7 Å². The molecule has 0 saturated carbocycles. The molecule has 3 aromatic rings. The van der Waals surface area contributed by atoms with E-state index in [2.05, 4.69) is 20.0 Å². The predicted octanol–water partition coefficient (Wildman–Crippen LogP) is 4.09. The lowest BCUT2D eigenvalue weighted by atomic mass is 10.1. The van der Waals surface area contributed by atoms with E-state index >= 15 is 0 Å². The number of carbonyl (C=O) groups is 1. The third-order valence-electron chi connectivity index (χ3n) is 4.41. The number of nitrogens with one attached hydrogen (secondary N) is 1. The summed E-state index contributed by atoms with van der Waals surface area (Å²) < 4.78 is 68.8. The number of anilines is 1. The molecule has 158 valence electrons. The highest BCUT2D eigenvalue weighted by molar-refractivity contribution is 7.15. The lowest BCUT2D eigenvalue weighted by Crippen LogP contribution is -2.36. The molecule has 1 aliphatic rings. The molecule has 3 heterocycles. The van der Waals surface area contributed by atoms with Crippen molar-refractivity contribution >= 4 is 22.9 Å². The van der Waals surface area contributed by atoms with Gasteiger partial charge in [-0.05, 0) is 30.2 Å². The minimum atomic E-state index is -4.71. The summed E-state index contributed by atoms with van der Waals surface area (Å²) in [7, 11) is 0. The summed E-state index contributed by atoms with van der Waals surface area (Å²) in [5.74, 6) is -3.63. The third-order valence-corrected chi connectivity index (χ3v) is 5.64. The smallest absolute Gasteiger partial charge is 0.329 e. The zero-order chi connectivity index (χ0) is 21.5. The van der Waals surface area contributed by atoms with E-state index in [4.69, 9.17) is 0 Å². The number of alkyl halides is 3. The molecule has 30 heavy (non-hydrogen) atoms. The van der Waals surface area contributed by atoms with Gasteiger partial charge in [0.1, 0.15) is 11.6 Å². The summed E-state index contributed by atoms with van der Waals surface area (Å²) in [6.07, 6.45) is -4.13. The molecule has 1 N–H and O–H groups in total. The average molecular weight is 444 g/mol. The van der Waals surface area contributed by atoms with Crippen molar-refractivity contribution in [1.29, 1.82) is 0 Å². The summed E-state index contributed by atoms with van der Waals surface area (Å²) in [4.78, 5) is 18.8. The summed E-state index contributed by atoms with van der Waals surface area (Å²) in [5, 5.41) is 5.79. The molecule has 12 heteroatoms. The second-order valence-electron chi connectivity index (χ2n) is 6.61. The van der Waals surface area contributed by atoms with Gasteiger partial charge >= 0.3 is 12.1 Å². The van der Waals surface area contributed by atoms with Gasteiger partial charge in [-0.15, -0.1) is 11.3 Å². The Hall–Kier alpha value is -2.86. The van der Waals surface area contributed by atoms with Gasteiger partial charge in [0.25, 0.3) is 0 Å². The van der Waals surface area contributed by atoms with Gasteiger partial charge in [-0.2, -0.15) is 18.2 Å². The van der Waals surface area contributed by atoms with Crippen molar-refractivity contribution < 1.29 is 31.3 Å². The maximum Gasteiger partial charge on any atom is 0.471 e. The van der Waals surface area contributed by atoms with Crippen molar-refractivity contribution in [2.75, 3.05) is 18.4 Å². The van der Waals surface area contributed by atoms with Crippen LogP contribution in [-0.2, 0) is 23.9 Å². The van der Waals surface area contributed by atoms with E-state index < -0.39 is 29.6 Å². The molecular weight excluding hydrogens is 431 g/mol. The van der Waals surface area contributed by atoms with E-state index in [9.17, 15) is 26.7 Å². The fourth-order valence-corrected chi connectivity index (χ4v) is 4.15. The first-order valence-corrected chi connectivity index (χ1v) is 9.51. The molecule has 1 aromatic carbocycles. The Bertz CT molecular complexity index is 1090. The standard InChI is InChI=1S/C18H13F5N4O2S/c19-10-1-2-12(11(20)6-10)24-15(28)8-27-4-3-13-9(7-27)5-14(30-13)16-25-17(29-26-16)18(21,22)23/h1-2,5-6H,3-4,7-8H2,(H,24,28). The fraction of sp³-hybridized carbons (Fsp3) is 0.278. The van der Waals surface area contributed by atoms with Crippen LogP contribution in [-0.4, -0.2) is 34.0 Å². The average Bonchev–Trinajstić information content (AvgIpc) is 3.30. The Morgan fingerprint density at radius 1 is 1.27 bits per heavy atom. The van der Waals surface area contributed by atoms with Crippen LogP contribution in [0, 0.1) is 11.6 Å². The fourth-order valence-electron chi connectivity index (χ4n) is 3.06. The highest BCUT2D eigenvalue weighted by atomic mass is 32.1. The van der Waals surface area contributed by atoms with Crippen molar-refractivity contribution in [2.24, 2.45) is 0 Å². The Labute approximate surface area is 170 Å². The normalized spacial score (nSPS) is 14.6. The SMILES string of the molecule is O=C(CN1CCc2sc(-c3noc(C(F)(F)F)n3)cc2C1)Nc1ccc(F)cc1F. The molecule has 0 saturated heterocycles. The molecule has 4 rings (SSSR count). The first-order valence-electron chi connectivity index (χ1n) is 8.69. The zero-order valence-corrected chi connectivity index (χ0v) is 15.9. The number of aromatic nitrogens is 2. The van der Waals surface area contributed by atoms with Crippen molar-refractivity contribution in [2.45, 2.75) is 19.1 Å². The molecule has 6 nitrogen and oxygen atoms in total. The van der Waals surface area contributed by atoms with Crippen LogP contribution in [0.25, 0.3) is 10.7 Å². The van der Waals surface area contributed by atoms with Gasteiger partial charge in [0, 0.05) is 24.0 Å². The van der Waals surface area contributed by atoms with E-state index in [1.54, 1.807) is 6.07 Å². The number of nitrogens with zero attached hydrogens (tertiary/aromatic N) is 3. The highest BCUT2D eigenvalue weighted by Gasteiger charge is 2.38. The summed E-state index contributed by atoms with van der Waals surface area (Å²) >= 11 is 1.27. The first kappa shape index (κ1) is 20.4. The molecular formula is C18H13F5N4O2S. The quantitative estimate of drug-likeness (QED) is 0.614. The van der Waals surface area contributed by atoms with Crippen molar-refractivity contribution in [1.82, 2.24) is 15.0 Å². The number of thiophene rings is 1. The van der Waals surface area contributed by atoms with Gasteiger partial charge in [0.05, 0.1) is 17.1 Å². The molecule has 0 aliphatic carbocycles. The number of hydrogen-bond donors (Lipinski definition) is 1. The number of fused-ring (bicyclic) bond motifs is 1. The molecule has 2 aromatic heterocycles. The van der Waals surface area contributed by atoms with Crippen LogP contribution in [0.5, 0.6) is 0 Å². The van der Waals surface area contributed by atoms with Gasteiger partial charge in [-0.25, -0.2) is 8.78 Å². The van der Waals surface area contributed by atoms with Gasteiger partial charge in [0.2, 0.25) is 11.7 Å². The van der Waals surface area contributed by atoms with Crippen LogP contribution in [0.15, 0.2) is 28.8 Å². The Morgan fingerprint density at radius 3 is 2.77 bits per heavy atom. The van der Waals surface area contributed by atoms with Gasteiger partial charge in [0.15, 0.2) is 0 Å². The second kappa shape index (κ2) is 7.76. The Morgan fingerprint density at radius 2 is 2.07 bits per heavy atom. The lowest BCUT2D eigenvalue weighted by Gasteiger charge is -2.26. The molecule has 0 bridgehead atoms. The van der Waals surface area contributed by atoms with Crippen molar-refractivity contribution in [3.63, 3.8) is 0 Å². The van der Waals surface area contributed by atoms with Crippen LogP contribution < -0.4 is 5.32 Å². The molecule has 0 fully saturated rings. The van der Waals surface area contributed by atoms with E-state index in [0.29, 0.717) is 30.5 Å². The monoisotopic (exact) mass is 444 g/mol. The molecule has 1 amide bonds. The van der Waals surface area contributed by atoms with E-state index in [-0.39, 0.29) is 18.1 Å². The van der Waals surface area contributed by atoms with Crippen LogP contribution >= 0.6 is 11.3 Å². The van der Waals surface area contributed by atoms with Crippen molar-refractivity contribution in [3.05, 3.63) is 52.2 Å². The van der Waals surface area contributed by atoms with E-state index in [0.717, 1.165) is 22.6 Å². The number of rotatable bonds is 4. The lowest BCUT2D eigenvalue weighted by molar-refractivity contribution is -0.159. The molecule has 0 unspecified atom stereocenters. The Balaban J connectivity index is 1.41.